The van der Waals surface area contributed by atoms with Crippen LogP contribution in [0.3, 0.4) is 0 Å². The topological polar surface area (TPSA) is 17.8 Å². The number of para-hydroxylation sites is 1. The number of rotatable bonds is 3. The third-order valence-electron chi connectivity index (χ3n) is 5.80. The third-order valence-corrected chi connectivity index (χ3v) is 5.80. The minimum absolute atomic E-state index is 0.0702. The van der Waals surface area contributed by atoms with Gasteiger partial charge in [0.2, 0.25) is 0 Å². The number of benzene rings is 3. The molecule has 4 aromatic rings. The fourth-order valence-electron chi connectivity index (χ4n) is 4.09. The van der Waals surface area contributed by atoms with Crippen LogP contribution in [0.1, 0.15) is 27.9 Å². The van der Waals surface area contributed by atoms with Gasteiger partial charge in [-0.05, 0) is 61.0 Å². The highest BCUT2D eigenvalue weighted by atomic mass is 19.4. The fourth-order valence-corrected chi connectivity index (χ4v) is 4.09. The van der Waals surface area contributed by atoms with Crippen molar-refractivity contribution in [1.29, 1.82) is 0 Å². The number of aromatic nitrogens is 2. The summed E-state index contributed by atoms with van der Waals surface area (Å²) in [5.41, 5.74) is -9.75. The van der Waals surface area contributed by atoms with Crippen LogP contribution >= 0.6 is 0 Å². The molecule has 0 radical (unpaired) electrons. The Morgan fingerprint density at radius 3 is 1.27 bits per heavy atom. The van der Waals surface area contributed by atoms with E-state index in [0.29, 0.717) is 24.3 Å². The summed E-state index contributed by atoms with van der Waals surface area (Å²) in [5.74, 6) is 0. The minimum atomic E-state index is -5.28. The molecule has 0 aliphatic heterocycles. The summed E-state index contributed by atoms with van der Waals surface area (Å²) in [6.45, 7) is 1.16. The maximum Gasteiger partial charge on any atom is 0.416 e. The molecule has 0 aliphatic carbocycles. The van der Waals surface area contributed by atoms with E-state index < -0.39 is 69.3 Å². The van der Waals surface area contributed by atoms with Crippen molar-refractivity contribution in [1.82, 2.24) is 9.78 Å². The Morgan fingerprint density at radius 1 is 0.525 bits per heavy atom. The third kappa shape index (κ3) is 5.80. The molecule has 0 saturated heterocycles. The maximum atomic E-state index is 13.6. The van der Waals surface area contributed by atoms with Crippen LogP contribution in [0.25, 0.3) is 28.1 Å². The minimum Gasteiger partial charge on any atom is -0.232 e. The molecule has 0 N–H and O–H groups in total. The van der Waals surface area contributed by atoms with Gasteiger partial charge in [0.15, 0.2) is 0 Å². The molecule has 0 aliphatic rings. The van der Waals surface area contributed by atoms with Gasteiger partial charge >= 0.3 is 24.7 Å². The van der Waals surface area contributed by atoms with Crippen molar-refractivity contribution in [3.05, 3.63) is 94.7 Å². The molecule has 14 heteroatoms. The molecule has 40 heavy (non-hydrogen) atoms. The summed E-state index contributed by atoms with van der Waals surface area (Å²) in [7, 11) is 0. The normalized spacial score (nSPS) is 13.1. The second kappa shape index (κ2) is 9.59. The Hall–Kier alpha value is -3.97. The van der Waals surface area contributed by atoms with Crippen LogP contribution in [0.15, 0.2) is 66.7 Å². The first-order valence-electron chi connectivity index (χ1n) is 11.0. The fraction of sp³-hybridized carbons (Fsp3) is 0.192. The number of alkyl halides is 12. The molecule has 4 rings (SSSR count). The molecular formula is C26H14F12N2. The highest BCUT2D eigenvalue weighted by Crippen LogP contribution is 2.45. The first-order valence-corrected chi connectivity index (χ1v) is 11.0. The Kier molecular flexibility index (Phi) is 6.96. The van der Waals surface area contributed by atoms with Gasteiger partial charge in [-0.15, -0.1) is 0 Å². The van der Waals surface area contributed by atoms with Crippen LogP contribution in [-0.4, -0.2) is 9.78 Å². The largest absolute Gasteiger partial charge is 0.416 e. The van der Waals surface area contributed by atoms with Crippen molar-refractivity contribution >= 4 is 0 Å². The summed E-state index contributed by atoms with van der Waals surface area (Å²) in [6, 6.07) is 8.12. The zero-order chi connectivity index (χ0) is 29.8. The molecule has 212 valence electrons. The lowest BCUT2D eigenvalue weighted by Crippen LogP contribution is -2.12. The van der Waals surface area contributed by atoms with Gasteiger partial charge in [-0.1, -0.05) is 18.2 Å². The summed E-state index contributed by atoms with van der Waals surface area (Å²) in [6.07, 6.45) is -21.1. The molecule has 0 unspecified atom stereocenters. The molecular weight excluding hydrogens is 568 g/mol. The van der Waals surface area contributed by atoms with Crippen molar-refractivity contribution in [2.24, 2.45) is 0 Å². The molecule has 0 atom stereocenters. The predicted molar refractivity (Wildman–Crippen MR) is 119 cm³/mol. The smallest absolute Gasteiger partial charge is 0.232 e. The second-order valence-electron chi connectivity index (χ2n) is 8.65. The van der Waals surface area contributed by atoms with Gasteiger partial charge in [-0.25, -0.2) is 4.68 Å². The molecule has 2 nitrogen and oxygen atoms in total. The average molecular weight is 582 g/mol. The van der Waals surface area contributed by atoms with Crippen LogP contribution in [0, 0.1) is 6.92 Å². The van der Waals surface area contributed by atoms with Crippen LogP contribution in [-0.2, 0) is 24.7 Å². The van der Waals surface area contributed by atoms with Gasteiger partial charge in [-0.3, -0.25) is 0 Å². The number of halogens is 12. The first-order chi connectivity index (χ1) is 18.3. The van der Waals surface area contributed by atoms with Crippen LogP contribution in [0.5, 0.6) is 0 Å². The van der Waals surface area contributed by atoms with Gasteiger partial charge in [0.25, 0.3) is 0 Å². The van der Waals surface area contributed by atoms with E-state index in [4.69, 9.17) is 0 Å². The van der Waals surface area contributed by atoms with Gasteiger partial charge in [-0.2, -0.15) is 57.8 Å². The summed E-state index contributed by atoms with van der Waals surface area (Å²) in [4.78, 5) is 0. The zero-order valence-electron chi connectivity index (χ0n) is 19.8. The van der Waals surface area contributed by atoms with Gasteiger partial charge < -0.3 is 0 Å². The van der Waals surface area contributed by atoms with E-state index >= 15 is 0 Å². The van der Waals surface area contributed by atoms with Crippen LogP contribution in [0.4, 0.5) is 52.7 Å². The van der Waals surface area contributed by atoms with Crippen molar-refractivity contribution < 1.29 is 52.7 Å². The lowest BCUT2D eigenvalue weighted by molar-refractivity contribution is -0.144. The van der Waals surface area contributed by atoms with Crippen LogP contribution < -0.4 is 0 Å². The van der Waals surface area contributed by atoms with E-state index in [0.717, 1.165) is 11.6 Å². The highest BCUT2D eigenvalue weighted by molar-refractivity contribution is 5.85. The lowest BCUT2D eigenvalue weighted by atomic mass is 9.93. The predicted octanol–water partition coefficient (Wildman–Crippen LogP) is 9.59. The van der Waals surface area contributed by atoms with Crippen molar-refractivity contribution in [3.63, 3.8) is 0 Å². The molecule has 0 spiro atoms. The Bertz CT molecular complexity index is 1480. The van der Waals surface area contributed by atoms with E-state index in [1.54, 1.807) is 0 Å². The maximum absolute atomic E-state index is 13.6. The summed E-state index contributed by atoms with van der Waals surface area (Å²) >= 11 is 0. The Morgan fingerprint density at radius 2 is 0.900 bits per heavy atom. The summed E-state index contributed by atoms with van der Waals surface area (Å²) < 4.78 is 164. The molecule has 0 amide bonds. The van der Waals surface area contributed by atoms with E-state index in [1.165, 1.54) is 30.3 Å². The molecule has 0 bridgehead atoms. The zero-order valence-corrected chi connectivity index (χ0v) is 19.8. The van der Waals surface area contributed by atoms with E-state index in [-0.39, 0.29) is 23.5 Å². The standard InChI is InChI=1S/C26H14F12N2/c1-13-21(14-7-16(23(27,28)29)11-17(8-14)24(30,31)32)22(40(39-13)20-5-3-2-4-6-20)15-9-18(25(33,34)35)12-19(10-15)26(36,37)38/h2-12H,1H3. The average Bonchev–Trinajstić information content (AvgIpc) is 3.19. The van der Waals surface area contributed by atoms with Crippen molar-refractivity contribution in [3.8, 4) is 28.1 Å². The number of nitrogens with zero attached hydrogens (tertiary/aromatic N) is 2. The SMILES string of the molecule is Cc1nn(-c2ccccc2)c(-c2cc(C(F)(F)F)cc(C(F)(F)F)c2)c1-c1cc(C(F)(F)F)cc(C(F)(F)F)c1. The van der Waals surface area contributed by atoms with Crippen molar-refractivity contribution in [2.75, 3.05) is 0 Å². The Labute approximate surface area is 217 Å². The second-order valence-corrected chi connectivity index (χ2v) is 8.65. The quantitative estimate of drug-likeness (QED) is 0.220. The van der Waals surface area contributed by atoms with Crippen molar-refractivity contribution in [2.45, 2.75) is 31.6 Å². The molecule has 0 saturated carbocycles. The number of hydrogen-bond donors (Lipinski definition) is 0. The summed E-state index contributed by atoms with van der Waals surface area (Å²) in [5, 5.41) is 4.09. The monoisotopic (exact) mass is 582 g/mol. The first kappa shape index (κ1) is 29.0. The highest BCUT2D eigenvalue weighted by Gasteiger charge is 2.40. The van der Waals surface area contributed by atoms with Crippen LogP contribution in [0.2, 0.25) is 0 Å². The molecule has 3 aromatic carbocycles. The Balaban J connectivity index is 2.16. The van der Waals surface area contributed by atoms with E-state index in [1.807, 2.05) is 0 Å². The molecule has 0 fully saturated rings. The number of aryl methyl sites for hydroxylation is 1. The number of hydrogen-bond acceptors (Lipinski definition) is 1. The van der Waals surface area contributed by atoms with Gasteiger partial charge in [0, 0.05) is 11.1 Å². The van der Waals surface area contributed by atoms with E-state index in [2.05, 4.69) is 5.10 Å². The van der Waals surface area contributed by atoms with E-state index in [9.17, 15) is 52.7 Å². The van der Waals surface area contributed by atoms with Gasteiger partial charge in [0.05, 0.1) is 39.3 Å². The lowest BCUT2D eigenvalue weighted by Gasteiger charge is -2.18. The molecule has 1 aromatic heterocycles. The van der Waals surface area contributed by atoms with Gasteiger partial charge in [0.1, 0.15) is 0 Å². The molecule has 1 heterocycles.